The van der Waals surface area contributed by atoms with Gasteiger partial charge in [-0.3, -0.25) is 10.1 Å². The molecule has 0 radical (unpaired) electrons. The largest absolute Gasteiger partial charge is 0.381 e. The molecule has 1 atom stereocenters. The molecular formula is C14H21N3O4S. The van der Waals surface area contributed by atoms with Crippen molar-refractivity contribution in [1.29, 1.82) is 0 Å². The Morgan fingerprint density at radius 3 is 2.55 bits per heavy atom. The quantitative estimate of drug-likeness (QED) is 0.640. The first-order chi connectivity index (χ1) is 10.4. The van der Waals surface area contributed by atoms with E-state index < -0.39 is 14.9 Å². The van der Waals surface area contributed by atoms with Crippen LogP contribution in [0.4, 0.5) is 11.4 Å². The van der Waals surface area contributed by atoms with E-state index in [4.69, 9.17) is 0 Å². The lowest BCUT2D eigenvalue weighted by molar-refractivity contribution is -0.385. The number of nitrogens with one attached hydrogen (secondary N) is 1. The third-order valence-corrected chi connectivity index (χ3v) is 5.81. The van der Waals surface area contributed by atoms with Crippen molar-refractivity contribution >= 4 is 21.4 Å². The van der Waals surface area contributed by atoms with E-state index >= 15 is 0 Å². The van der Waals surface area contributed by atoms with Crippen LogP contribution in [0.15, 0.2) is 23.1 Å². The lowest BCUT2D eigenvalue weighted by Gasteiger charge is -2.20. The highest BCUT2D eigenvalue weighted by atomic mass is 32.2. The van der Waals surface area contributed by atoms with Crippen LogP contribution < -0.4 is 5.32 Å². The minimum Gasteiger partial charge on any atom is -0.381 e. The van der Waals surface area contributed by atoms with Crippen molar-refractivity contribution in [3.63, 3.8) is 0 Å². The molecule has 122 valence electrons. The number of benzene rings is 1. The molecule has 0 bridgehead atoms. The molecule has 0 spiro atoms. The number of hydrogen-bond donors (Lipinski definition) is 1. The van der Waals surface area contributed by atoms with Crippen molar-refractivity contribution < 1.29 is 13.3 Å². The summed E-state index contributed by atoms with van der Waals surface area (Å²) >= 11 is 0. The number of nitro groups is 1. The zero-order valence-electron chi connectivity index (χ0n) is 12.8. The average molecular weight is 327 g/mol. The number of non-ortho nitro benzene ring substituents is 1. The van der Waals surface area contributed by atoms with Gasteiger partial charge in [0, 0.05) is 31.3 Å². The first-order valence-corrected chi connectivity index (χ1v) is 8.85. The van der Waals surface area contributed by atoms with Crippen molar-refractivity contribution in [1.82, 2.24) is 4.31 Å². The summed E-state index contributed by atoms with van der Waals surface area (Å²) in [5.41, 5.74) is 0.208. The Morgan fingerprint density at radius 1 is 1.36 bits per heavy atom. The van der Waals surface area contributed by atoms with E-state index in [-0.39, 0.29) is 16.6 Å². The molecule has 1 unspecified atom stereocenters. The first kappa shape index (κ1) is 16.7. The Bertz CT molecular complexity index is 654. The minimum absolute atomic E-state index is 0.0103. The molecule has 8 heteroatoms. The average Bonchev–Trinajstić information content (AvgIpc) is 3.02. The van der Waals surface area contributed by atoms with Gasteiger partial charge in [-0.1, -0.05) is 6.92 Å². The van der Waals surface area contributed by atoms with E-state index in [2.05, 4.69) is 5.32 Å². The Balaban J connectivity index is 2.49. The number of hydrogen-bond acceptors (Lipinski definition) is 5. The number of anilines is 1. The maximum Gasteiger partial charge on any atom is 0.270 e. The summed E-state index contributed by atoms with van der Waals surface area (Å²) in [7, 11) is -3.71. The van der Waals surface area contributed by atoms with E-state index in [0.717, 1.165) is 25.3 Å². The van der Waals surface area contributed by atoms with Crippen molar-refractivity contribution in [3.8, 4) is 0 Å². The molecule has 1 aromatic rings. The molecule has 0 saturated carbocycles. The molecule has 1 heterocycles. The highest BCUT2D eigenvalue weighted by molar-refractivity contribution is 7.89. The summed E-state index contributed by atoms with van der Waals surface area (Å²) in [6, 6.07) is 4.04. The summed E-state index contributed by atoms with van der Waals surface area (Å²) in [4.78, 5) is 10.4. The zero-order valence-corrected chi connectivity index (χ0v) is 13.6. The standard InChI is InChI=1S/C14H21N3O4S/c1-3-11(2)15-13-7-6-12(17(18)19)10-14(13)22(20,21)16-8-4-5-9-16/h6-7,10-11,15H,3-5,8-9H2,1-2H3. The highest BCUT2D eigenvalue weighted by Crippen LogP contribution is 2.31. The fourth-order valence-corrected chi connectivity index (χ4v) is 4.08. The highest BCUT2D eigenvalue weighted by Gasteiger charge is 2.31. The number of nitro benzene ring substituents is 1. The number of nitrogens with zero attached hydrogens (tertiary/aromatic N) is 2. The number of rotatable bonds is 6. The molecule has 1 aliphatic rings. The Kier molecular flexibility index (Phi) is 5.02. The fourth-order valence-electron chi connectivity index (χ4n) is 2.39. The SMILES string of the molecule is CCC(C)Nc1ccc([N+](=O)[O-])cc1S(=O)(=O)N1CCCC1. The smallest absolute Gasteiger partial charge is 0.270 e. The number of sulfonamides is 1. The predicted octanol–water partition coefficient (Wildman–Crippen LogP) is 2.59. The van der Waals surface area contributed by atoms with Gasteiger partial charge in [0.25, 0.3) is 5.69 Å². The molecule has 1 fully saturated rings. The van der Waals surface area contributed by atoms with Gasteiger partial charge in [-0.15, -0.1) is 0 Å². The normalized spacial score (nSPS) is 17.4. The monoisotopic (exact) mass is 327 g/mol. The van der Waals surface area contributed by atoms with Crippen molar-refractivity contribution in [3.05, 3.63) is 28.3 Å². The van der Waals surface area contributed by atoms with E-state index in [1.807, 2.05) is 13.8 Å². The molecule has 1 aliphatic heterocycles. The molecule has 7 nitrogen and oxygen atoms in total. The predicted molar refractivity (Wildman–Crippen MR) is 84.5 cm³/mol. The van der Waals surface area contributed by atoms with E-state index in [0.29, 0.717) is 18.8 Å². The second kappa shape index (κ2) is 6.62. The third kappa shape index (κ3) is 3.38. The summed E-state index contributed by atoms with van der Waals surface area (Å²) in [5, 5.41) is 14.1. The van der Waals surface area contributed by atoms with Crippen LogP contribution >= 0.6 is 0 Å². The molecule has 0 aromatic heterocycles. The fraction of sp³-hybridized carbons (Fsp3) is 0.571. The van der Waals surface area contributed by atoms with Crippen molar-refractivity contribution in [2.45, 2.75) is 44.0 Å². The lowest BCUT2D eigenvalue weighted by atomic mass is 10.2. The second-order valence-electron chi connectivity index (χ2n) is 5.50. The van der Waals surface area contributed by atoms with Gasteiger partial charge in [0.05, 0.1) is 10.6 Å². The Labute approximate surface area is 130 Å². The van der Waals surface area contributed by atoms with E-state index in [9.17, 15) is 18.5 Å². The Hall–Kier alpha value is -1.67. The first-order valence-electron chi connectivity index (χ1n) is 7.41. The van der Waals surface area contributed by atoms with Gasteiger partial charge >= 0.3 is 0 Å². The van der Waals surface area contributed by atoms with Crippen LogP contribution in [-0.2, 0) is 10.0 Å². The summed E-state index contributed by atoms with van der Waals surface area (Å²) < 4.78 is 26.9. The van der Waals surface area contributed by atoms with Crippen LogP contribution in [0, 0.1) is 10.1 Å². The van der Waals surface area contributed by atoms with Crippen LogP contribution in [0.2, 0.25) is 0 Å². The lowest BCUT2D eigenvalue weighted by Crippen LogP contribution is -2.29. The van der Waals surface area contributed by atoms with Gasteiger partial charge in [-0.25, -0.2) is 8.42 Å². The van der Waals surface area contributed by atoms with Gasteiger partial charge in [0.2, 0.25) is 10.0 Å². The van der Waals surface area contributed by atoms with Crippen molar-refractivity contribution in [2.24, 2.45) is 0 Å². The van der Waals surface area contributed by atoms with Crippen LogP contribution in [0.1, 0.15) is 33.1 Å². The van der Waals surface area contributed by atoms with E-state index in [1.165, 1.54) is 16.4 Å². The van der Waals surface area contributed by atoms with Crippen LogP contribution in [0.5, 0.6) is 0 Å². The summed E-state index contributed by atoms with van der Waals surface area (Å²) in [6.07, 6.45) is 2.46. The zero-order chi connectivity index (χ0) is 16.3. The Morgan fingerprint density at radius 2 is 2.00 bits per heavy atom. The molecule has 22 heavy (non-hydrogen) atoms. The maximum absolute atomic E-state index is 12.8. The maximum atomic E-state index is 12.8. The second-order valence-corrected chi connectivity index (χ2v) is 7.41. The molecular weight excluding hydrogens is 306 g/mol. The molecule has 2 rings (SSSR count). The van der Waals surface area contributed by atoms with E-state index in [1.54, 1.807) is 0 Å². The molecule has 1 N–H and O–H groups in total. The van der Waals surface area contributed by atoms with Crippen LogP contribution in [-0.4, -0.2) is 36.8 Å². The van der Waals surface area contributed by atoms with Gasteiger partial charge in [-0.05, 0) is 32.3 Å². The third-order valence-electron chi connectivity index (χ3n) is 3.87. The molecule has 0 aliphatic carbocycles. The van der Waals surface area contributed by atoms with Crippen LogP contribution in [0.3, 0.4) is 0 Å². The van der Waals surface area contributed by atoms with Gasteiger partial charge in [0.1, 0.15) is 4.90 Å². The van der Waals surface area contributed by atoms with Gasteiger partial charge < -0.3 is 5.32 Å². The summed E-state index contributed by atoms with van der Waals surface area (Å²) in [5.74, 6) is 0. The molecule has 0 amide bonds. The van der Waals surface area contributed by atoms with Gasteiger partial charge in [-0.2, -0.15) is 4.31 Å². The topological polar surface area (TPSA) is 92.5 Å². The summed E-state index contributed by atoms with van der Waals surface area (Å²) in [6.45, 7) is 4.85. The minimum atomic E-state index is -3.71. The van der Waals surface area contributed by atoms with Gasteiger partial charge in [0.15, 0.2) is 0 Å². The van der Waals surface area contributed by atoms with Crippen LogP contribution in [0.25, 0.3) is 0 Å². The molecule has 1 saturated heterocycles. The molecule has 1 aromatic carbocycles. The van der Waals surface area contributed by atoms with Crippen molar-refractivity contribution in [2.75, 3.05) is 18.4 Å².